The molecule has 0 atom stereocenters. The van der Waals surface area contributed by atoms with Gasteiger partial charge in [0, 0.05) is 13.2 Å². The van der Waals surface area contributed by atoms with Crippen LogP contribution in [-0.2, 0) is 13.5 Å². The third-order valence-electron chi connectivity index (χ3n) is 2.28. The quantitative estimate of drug-likeness (QED) is 0.790. The van der Waals surface area contributed by atoms with E-state index in [1.54, 1.807) is 23.0 Å². The van der Waals surface area contributed by atoms with Crippen LogP contribution in [0, 0.1) is 0 Å². The van der Waals surface area contributed by atoms with E-state index in [1.165, 1.54) is 11.3 Å². The van der Waals surface area contributed by atoms with Gasteiger partial charge in [-0.25, -0.2) is 0 Å². The summed E-state index contributed by atoms with van der Waals surface area (Å²) < 4.78 is 2.30. The number of carbonyl (C=O) groups is 1. The first-order valence-corrected chi connectivity index (χ1v) is 6.13. The Kier molecular flexibility index (Phi) is 3.12. The number of thiophene rings is 1. The summed E-state index contributed by atoms with van der Waals surface area (Å²) in [4.78, 5) is 12.8. The van der Waals surface area contributed by atoms with E-state index in [2.05, 4.69) is 5.10 Å². The van der Waals surface area contributed by atoms with Crippen molar-refractivity contribution in [3.05, 3.63) is 38.8 Å². The Morgan fingerprint density at radius 3 is 2.88 bits per heavy atom. The number of aryl methyl sites for hydroxylation is 2. The highest BCUT2D eigenvalue weighted by Gasteiger charge is 2.17. The second kappa shape index (κ2) is 4.39. The molecule has 0 spiro atoms. The van der Waals surface area contributed by atoms with Crippen LogP contribution in [0.4, 0.5) is 0 Å². The molecule has 2 heterocycles. The summed E-state index contributed by atoms with van der Waals surface area (Å²) in [6, 6.07) is 3.49. The van der Waals surface area contributed by atoms with E-state index in [9.17, 15) is 4.79 Å². The maximum Gasteiger partial charge on any atom is 0.206 e. The zero-order valence-electron chi connectivity index (χ0n) is 9.03. The summed E-state index contributed by atoms with van der Waals surface area (Å²) in [5, 5.41) is 4.25. The van der Waals surface area contributed by atoms with Crippen LogP contribution in [0.5, 0.6) is 0 Å². The SMILES string of the molecule is CCc1nn(C)cc1C(=O)c1ccc(Cl)s1. The van der Waals surface area contributed by atoms with Gasteiger partial charge in [-0.05, 0) is 18.6 Å². The summed E-state index contributed by atoms with van der Waals surface area (Å²) in [5.41, 5.74) is 1.50. The second-order valence-electron chi connectivity index (χ2n) is 3.45. The van der Waals surface area contributed by atoms with Gasteiger partial charge in [-0.15, -0.1) is 11.3 Å². The predicted octanol–water partition coefficient (Wildman–Crippen LogP) is 2.93. The van der Waals surface area contributed by atoms with E-state index < -0.39 is 0 Å². The molecule has 2 rings (SSSR count). The lowest BCUT2D eigenvalue weighted by atomic mass is 10.1. The monoisotopic (exact) mass is 254 g/mol. The van der Waals surface area contributed by atoms with E-state index in [0.29, 0.717) is 14.8 Å². The first kappa shape index (κ1) is 11.4. The minimum atomic E-state index is 0.00171. The number of ketones is 1. The number of halogens is 1. The zero-order valence-corrected chi connectivity index (χ0v) is 10.6. The number of hydrogen-bond donors (Lipinski definition) is 0. The maximum absolute atomic E-state index is 12.2. The van der Waals surface area contributed by atoms with E-state index in [-0.39, 0.29) is 5.78 Å². The lowest BCUT2D eigenvalue weighted by Crippen LogP contribution is -2.00. The molecule has 0 unspecified atom stereocenters. The number of hydrogen-bond acceptors (Lipinski definition) is 3. The molecule has 5 heteroatoms. The molecule has 0 N–H and O–H groups in total. The Hall–Kier alpha value is -1.13. The maximum atomic E-state index is 12.2. The zero-order chi connectivity index (χ0) is 11.7. The topological polar surface area (TPSA) is 34.9 Å². The average Bonchev–Trinajstić information content (AvgIpc) is 2.83. The fourth-order valence-corrected chi connectivity index (χ4v) is 2.55. The number of carbonyl (C=O) groups excluding carboxylic acids is 1. The summed E-state index contributed by atoms with van der Waals surface area (Å²) in [5.74, 6) is 0.00171. The standard InChI is InChI=1S/C11H11ClN2OS/c1-3-8-7(6-14(2)13-8)11(15)9-4-5-10(12)16-9/h4-6H,3H2,1-2H3. The molecule has 0 radical (unpaired) electrons. The minimum Gasteiger partial charge on any atom is -0.288 e. The molecule has 2 aromatic heterocycles. The average molecular weight is 255 g/mol. The van der Waals surface area contributed by atoms with Gasteiger partial charge in [0.25, 0.3) is 0 Å². The van der Waals surface area contributed by atoms with Crippen molar-refractivity contribution >= 4 is 28.7 Å². The first-order valence-electron chi connectivity index (χ1n) is 4.94. The molecule has 2 aromatic rings. The largest absolute Gasteiger partial charge is 0.288 e. The van der Waals surface area contributed by atoms with Gasteiger partial charge in [0.05, 0.1) is 20.5 Å². The third kappa shape index (κ3) is 2.03. The van der Waals surface area contributed by atoms with Crippen LogP contribution in [0.3, 0.4) is 0 Å². The van der Waals surface area contributed by atoms with Crippen molar-refractivity contribution in [3.63, 3.8) is 0 Å². The van der Waals surface area contributed by atoms with Crippen LogP contribution in [0.2, 0.25) is 4.34 Å². The van der Waals surface area contributed by atoms with Crippen LogP contribution >= 0.6 is 22.9 Å². The van der Waals surface area contributed by atoms with Gasteiger partial charge >= 0.3 is 0 Å². The Bertz CT molecular complexity index is 530. The summed E-state index contributed by atoms with van der Waals surface area (Å²) in [6.45, 7) is 1.99. The van der Waals surface area contributed by atoms with E-state index >= 15 is 0 Å². The molecule has 0 fully saturated rings. The highest BCUT2D eigenvalue weighted by atomic mass is 35.5. The molecule has 0 aliphatic carbocycles. The molecule has 0 bridgehead atoms. The lowest BCUT2D eigenvalue weighted by Gasteiger charge is -1.95. The van der Waals surface area contributed by atoms with Crippen molar-refractivity contribution in [2.45, 2.75) is 13.3 Å². The van der Waals surface area contributed by atoms with Gasteiger partial charge in [0.2, 0.25) is 5.78 Å². The second-order valence-corrected chi connectivity index (χ2v) is 5.16. The molecule has 0 aliphatic rings. The van der Waals surface area contributed by atoms with Gasteiger partial charge in [-0.3, -0.25) is 9.48 Å². The molecular weight excluding hydrogens is 244 g/mol. The fraction of sp³-hybridized carbons (Fsp3) is 0.273. The van der Waals surface area contributed by atoms with Crippen molar-refractivity contribution in [3.8, 4) is 0 Å². The Labute approximate surface area is 103 Å². The number of nitrogens with zero attached hydrogens (tertiary/aromatic N) is 2. The Balaban J connectivity index is 2.40. The van der Waals surface area contributed by atoms with Crippen molar-refractivity contribution in [2.75, 3.05) is 0 Å². The van der Waals surface area contributed by atoms with E-state index in [0.717, 1.165) is 12.1 Å². The molecule has 0 aromatic carbocycles. The van der Waals surface area contributed by atoms with Crippen molar-refractivity contribution in [1.29, 1.82) is 0 Å². The molecule has 84 valence electrons. The van der Waals surface area contributed by atoms with Crippen LogP contribution in [0.1, 0.15) is 27.9 Å². The highest BCUT2D eigenvalue weighted by molar-refractivity contribution is 7.18. The smallest absolute Gasteiger partial charge is 0.206 e. The number of rotatable bonds is 3. The summed E-state index contributed by atoms with van der Waals surface area (Å²) in [7, 11) is 1.82. The fourth-order valence-electron chi connectivity index (χ4n) is 1.55. The van der Waals surface area contributed by atoms with Gasteiger partial charge in [-0.1, -0.05) is 18.5 Å². The third-order valence-corrected chi connectivity index (χ3v) is 3.51. The summed E-state index contributed by atoms with van der Waals surface area (Å²) >= 11 is 7.11. The molecule has 3 nitrogen and oxygen atoms in total. The molecule has 0 amide bonds. The van der Waals surface area contributed by atoms with Crippen molar-refractivity contribution in [2.24, 2.45) is 7.05 Å². The molecule has 0 saturated carbocycles. The first-order chi connectivity index (χ1) is 7.61. The lowest BCUT2D eigenvalue weighted by molar-refractivity contribution is 0.104. The van der Waals surface area contributed by atoms with Crippen LogP contribution < -0.4 is 0 Å². The van der Waals surface area contributed by atoms with Crippen LogP contribution in [0.15, 0.2) is 18.3 Å². The number of aromatic nitrogens is 2. The van der Waals surface area contributed by atoms with Gasteiger partial charge in [0.15, 0.2) is 0 Å². The van der Waals surface area contributed by atoms with Crippen molar-refractivity contribution in [1.82, 2.24) is 9.78 Å². The van der Waals surface area contributed by atoms with Gasteiger partial charge in [0.1, 0.15) is 0 Å². The highest BCUT2D eigenvalue weighted by Crippen LogP contribution is 2.24. The van der Waals surface area contributed by atoms with Crippen LogP contribution in [0.25, 0.3) is 0 Å². The predicted molar refractivity (Wildman–Crippen MR) is 65.3 cm³/mol. The normalized spacial score (nSPS) is 10.7. The molecular formula is C11H11ClN2OS. The van der Waals surface area contributed by atoms with E-state index in [4.69, 9.17) is 11.6 Å². The summed E-state index contributed by atoms with van der Waals surface area (Å²) in [6.07, 6.45) is 2.51. The van der Waals surface area contributed by atoms with Crippen molar-refractivity contribution < 1.29 is 4.79 Å². The minimum absolute atomic E-state index is 0.00171. The molecule has 0 saturated heterocycles. The molecule has 0 aliphatic heterocycles. The van der Waals surface area contributed by atoms with Gasteiger partial charge < -0.3 is 0 Å². The Morgan fingerprint density at radius 1 is 1.56 bits per heavy atom. The van der Waals surface area contributed by atoms with Crippen LogP contribution in [-0.4, -0.2) is 15.6 Å². The van der Waals surface area contributed by atoms with Gasteiger partial charge in [-0.2, -0.15) is 5.10 Å². The van der Waals surface area contributed by atoms with E-state index in [1.807, 2.05) is 14.0 Å². The molecule has 16 heavy (non-hydrogen) atoms. The Morgan fingerprint density at radius 2 is 2.31 bits per heavy atom.